The van der Waals surface area contributed by atoms with E-state index in [0.29, 0.717) is 31.2 Å². The van der Waals surface area contributed by atoms with Crippen LogP contribution in [0.1, 0.15) is 42.1 Å². The van der Waals surface area contributed by atoms with E-state index in [-0.39, 0.29) is 24.3 Å². The fourth-order valence-electron chi connectivity index (χ4n) is 6.15. The number of piperazine rings is 1. The van der Waals surface area contributed by atoms with Crippen LogP contribution in [0.4, 0.5) is 0 Å². The fourth-order valence-corrected chi connectivity index (χ4v) is 6.15. The quantitative estimate of drug-likeness (QED) is 0.405. The van der Waals surface area contributed by atoms with Gasteiger partial charge in [-0.15, -0.1) is 0 Å². The van der Waals surface area contributed by atoms with Gasteiger partial charge in [-0.2, -0.15) is 0 Å². The summed E-state index contributed by atoms with van der Waals surface area (Å²) in [6.45, 7) is 5.10. The molecule has 2 aliphatic rings. The number of nitrogens with zero attached hydrogens (tertiary/aromatic N) is 2. The molecule has 3 aromatic carbocycles. The number of methoxy groups -OCH3 is 1. The smallest absolute Gasteiger partial charge is 0.255 e. The first-order valence-corrected chi connectivity index (χ1v) is 13.0. The minimum Gasteiger partial charge on any atom is -0.493 e. The molecule has 0 bridgehead atoms. The number of H-pyrrole nitrogens is 1. The Labute approximate surface area is 222 Å². The molecule has 7 heteroatoms. The van der Waals surface area contributed by atoms with Crippen LogP contribution in [0.15, 0.2) is 72.8 Å². The lowest BCUT2D eigenvalue weighted by Crippen LogP contribution is -2.67. The van der Waals surface area contributed by atoms with Crippen LogP contribution >= 0.6 is 0 Å². The average Bonchev–Trinajstić information content (AvgIpc) is 3.34. The largest absolute Gasteiger partial charge is 0.493 e. The van der Waals surface area contributed by atoms with E-state index in [2.05, 4.69) is 11.1 Å². The molecule has 1 N–H and O–H groups in total. The predicted molar refractivity (Wildman–Crippen MR) is 145 cm³/mol. The summed E-state index contributed by atoms with van der Waals surface area (Å²) in [5.74, 6) is 0.961. The summed E-state index contributed by atoms with van der Waals surface area (Å²) < 4.78 is 11.7. The van der Waals surface area contributed by atoms with E-state index in [1.54, 1.807) is 16.9 Å². The SMILES string of the molecule is CCOc1c(OC)cccc1[C@@H]1CN2C(=O)CN(Cc3ccccc3)C(=O)[C@]2(C)c2[nH]c3ccccc3c21. The number of ether oxygens (including phenoxy) is 2. The Hall–Kier alpha value is -4.26. The van der Waals surface area contributed by atoms with Gasteiger partial charge in [0.2, 0.25) is 5.91 Å². The number of hydrogen-bond acceptors (Lipinski definition) is 4. The molecule has 2 amide bonds. The van der Waals surface area contributed by atoms with Gasteiger partial charge < -0.3 is 24.3 Å². The third kappa shape index (κ3) is 3.56. The van der Waals surface area contributed by atoms with Gasteiger partial charge in [-0.05, 0) is 37.1 Å². The molecule has 0 aliphatic carbocycles. The van der Waals surface area contributed by atoms with Crippen molar-refractivity contribution in [2.45, 2.75) is 31.8 Å². The van der Waals surface area contributed by atoms with E-state index < -0.39 is 5.54 Å². The highest BCUT2D eigenvalue weighted by Crippen LogP contribution is 2.50. The van der Waals surface area contributed by atoms with Crippen LogP contribution in [0.5, 0.6) is 11.5 Å². The summed E-state index contributed by atoms with van der Waals surface area (Å²) in [6.07, 6.45) is 0. The molecule has 4 aromatic rings. The molecule has 2 aliphatic heterocycles. The van der Waals surface area contributed by atoms with Crippen molar-refractivity contribution >= 4 is 22.7 Å². The number of benzene rings is 3. The maximum atomic E-state index is 14.3. The molecule has 3 heterocycles. The van der Waals surface area contributed by atoms with E-state index in [4.69, 9.17) is 9.47 Å². The van der Waals surface area contributed by atoms with Gasteiger partial charge in [-0.1, -0.05) is 60.7 Å². The Bertz CT molecular complexity index is 1530. The molecule has 38 heavy (non-hydrogen) atoms. The maximum absolute atomic E-state index is 14.3. The molecule has 1 fully saturated rings. The summed E-state index contributed by atoms with van der Waals surface area (Å²) in [7, 11) is 1.63. The third-order valence-electron chi connectivity index (χ3n) is 7.93. The topological polar surface area (TPSA) is 74.9 Å². The molecule has 194 valence electrons. The molecule has 7 nitrogen and oxygen atoms in total. The summed E-state index contributed by atoms with van der Waals surface area (Å²) in [5.41, 5.74) is 3.50. The first kappa shape index (κ1) is 24.1. The monoisotopic (exact) mass is 509 g/mol. The Morgan fingerprint density at radius 3 is 2.53 bits per heavy atom. The molecular weight excluding hydrogens is 478 g/mol. The van der Waals surface area contributed by atoms with Gasteiger partial charge >= 0.3 is 0 Å². The van der Waals surface area contributed by atoms with Gasteiger partial charge in [0.15, 0.2) is 17.0 Å². The van der Waals surface area contributed by atoms with Crippen LogP contribution < -0.4 is 9.47 Å². The molecule has 6 rings (SSSR count). The van der Waals surface area contributed by atoms with Gasteiger partial charge in [0.25, 0.3) is 5.91 Å². The number of aromatic amines is 1. The predicted octanol–water partition coefficient (Wildman–Crippen LogP) is 4.81. The van der Waals surface area contributed by atoms with Crippen molar-refractivity contribution in [3.63, 3.8) is 0 Å². The molecular formula is C31H31N3O4. The Kier molecular flexibility index (Phi) is 5.86. The maximum Gasteiger partial charge on any atom is 0.255 e. The first-order valence-electron chi connectivity index (χ1n) is 13.0. The zero-order chi connectivity index (χ0) is 26.4. The fraction of sp³-hybridized carbons (Fsp3) is 0.290. The summed E-state index contributed by atoms with van der Waals surface area (Å²) >= 11 is 0. The molecule has 0 unspecified atom stereocenters. The van der Waals surface area contributed by atoms with E-state index in [1.165, 1.54) is 0 Å². The zero-order valence-corrected chi connectivity index (χ0v) is 21.9. The standard InChI is InChI=1S/C31H31N3O4/c1-4-38-28-21(14-10-16-25(28)37-3)23-18-34-26(35)19-33(17-20-11-6-5-7-12-20)30(36)31(34,2)29-27(23)22-13-8-9-15-24(22)32-29/h5-16,23,32H,4,17-19H2,1-3H3/t23-,31-/m0/s1. The minimum absolute atomic E-state index is 0.0437. The number of carbonyl (C=O) groups is 2. The van der Waals surface area contributed by atoms with Crippen LogP contribution in [-0.2, 0) is 21.7 Å². The van der Waals surface area contributed by atoms with Crippen LogP contribution in [0.2, 0.25) is 0 Å². The van der Waals surface area contributed by atoms with Crippen molar-refractivity contribution < 1.29 is 19.1 Å². The molecule has 2 atom stereocenters. The Morgan fingerprint density at radius 1 is 1.00 bits per heavy atom. The van der Waals surface area contributed by atoms with Crippen molar-refractivity contribution in [2.75, 3.05) is 26.8 Å². The summed E-state index contributed by atoms with van der Waals surface area (Å²) in [5, 5.41) is 1.04. The molecule has 0 radical (unpaired) electrons. The third-order valence-corrected chi connectivity index (χ3v) is 7.93. The second kappa shape index (κ2) is 9.24. The molecule has 0 saturated carbocycles. The van der Waals surface area contributed by atoms with Crippen LogP contribution in [0, 0.1) is 0 Å². The van der Waals surface area contributed by atoms with Crippen LogP contribution in [-0.4, -0.2) is 53.4 Å². The number of aromatic nitrogens is 1. The number of para-hydroxylation sites is 2. The number of fused-ring (bicyclic) bond motifs is 5. The normalized spacial score (nSPS) is 20.9. The zero-order valence-electron chi connectivity index (χ0n) is 21.9. The number of rotatable bonds is 6. The van der Waals surface area contributed by atoms with E-state index in [1.807, 2.05) is 80.6 Å². The number of carbonyl (C=O) groups excluding carboxylic acids is 2. The molecule has 0 spiro atoms. The Balaban J connectivity index is 1.54. The lowest BCUT2D eigenvalue weighted by Gasteiger charge is -2.51. The average molecular weight is 510 g/mol. The first-order chi connectivity index (χ1) is 18.5. The van der Waals surface area contributed by atoms with Crippen LogP contribution in [0.3, 0.4) is 0 Å². The highest BCUT2D eigenvalue weighted by molar-refractivity contribution is 6.01. The number of amides is 2. The van der Waals surface area contributed by atoms with Crippen molar-refractivity contribution in [1.29, 1.82) is 0 Å². The van der Waals surface area contributed by atoms with Crippen molar-refractivity contribution in [3.05, 3.63) is 95.2 Å². The van der Waals surface area contributed by atoms with Gasteiger partial charge in [0.1, 0.15) is 6.54 Å². The minimum atomic E-state index is -1.15. The van der Waals surface area contributed by atoms with Crippen molar-refractivity contribution in [1.82, 2.24) is 14.8 Å². The van der Waals surface area contributed by atoms with Gasteiger partial charge in [0.05, 0.1) is 19.4 Å². The van der Waals surface area contributed by atoms with Crippen molar-refractivity contribution in [2.24, 2.45) is 0 Å². The molecule has 1 aromatic heterocycles. The van der Waals surface area contributed by atoms with Gasteiger partial charge in [0, 0.05) is 35.5 Å². The summed E-state index contributed by atoms with van der Waals surface area (Å²) in [6, 6.07) is 23.8. The number of nitrogens with one attached hydrogen (secondary N) is 1. The molecule has 1 saturated heterocycles. The lowest BCUT2D eigenvalue weighted by molar-refractivity contribution is -0.166. The highest BCUT2D eigenvalue weighted by atomic mass is 16.5. The van der Waals surface area contributed by atoms with Crippen molar-refractivity contribution in [3.8, 4) is 11.5 Å². The van der Waals surface area contributed by atoms with E-state index in [0.717, 1.165) is 33.3 Å². The van der Waals surface area contributed by atoms with E-state index in [9.17, 15) is 9.59 Å². The lowest BCUT2D eigenvalue weighted by atomic mass is 9.76. The second-order valence-corrected chi connectivity index (χ2v) is 10.0. The number of hydrogen-bond donors (Lipinski definition) is 1. The van der Waals surface area contributed by atoms with E-state index >= 15 is 0 Å². The summed E-state index contributed by atoms with van der Waals surface area (Å²) in [4.78, 5) is 35.0. The van der Waals surface area contributed by atoms with Gasteiger partial charge in [-0.3, -0.25) is 9.59 Å². The second-order valence-electron chi connectivity index (χ2n) is 10.0. The Morgan fingerprint density at radius 2 is 1.76 bits per heavy atom. The van der Waals surface area contributed by atoms with Crippen LogP contribution in [0.25, 0.3) is 10.9 Å². The van der Waals surface area contributed by atoms with Gasteiger partial charge in [-0.25, -0.2) is 0 Å². The highest BCUT2D eigenvalue weighted by Gasteiger charge is 2.56.